The molecule has 23 heavy (non-hydrogen) atoms. The lowest BCUT2D eigenvalue weighted by Crippen LogP contribution is -1.99. The van der Waals surface area contributed by atoms with E-state index in [0.29, 0.717) is 12.1 Å². The fourth-order valence-corrected chi connectivity index (χ4v) is 3.57. The minimum atomic E-state index is 0.700. The molecule has 4 heteroatoms. The van der Waals surface area contributed by atoms with Gasteiger partial charge in [-0.15, -0.1) is 0 Å². The lowest BCUT2D eigenvalue weighted by molar-refractivity contribution is 0.748. The molecule has 0 aliphatic carbocycles. The number of unbranched alkanes of at least 4 members (excludes halogenated alkanes) is 1. The first-order valence-electron chi connectivity index (χ1n) is 7.74. The Hall–Kier alpha value is -1.84. The summed E-state index contributed by atoms with van der Waals surface area (Å²) in [6.07, 6.45) is 3.03. The van der Waals surface area contributed by atoms with E-state index in [-0.39, 0.29) is 0 Å². The van der Waals surface area contributed by atoms with Gasteiger partial charge in [-0.3, -0.25) is 0 Å². The number of nitrogens with two attached hydrogens (primary N) is 1. The van der Waals surface area contributed by atoms with Crippen molar-refractivity contribution in [1.82, 2.24) is 4.98 Å². The summed E-state index contributed by atoms with van der Waals surface area (Å²) in [7, 11) is 0. The van der Waals surface area contributed by atoms with Crippen molar-refractivity contribution in [1.29, 1.82) is 5.26 Å². The predicted octanol–water partition coefficient (Wildman–Crippen LogP) is 4.59. The van der Waals surface area contributed by atoms with Crippen molar-refractivity contribution < 1.29 is 0 Å². The molecule has 0 atom stereocenters. The third kappa shape index (κ3) is 3.26. The molecule has 0 saturated heterocycles. The molecule has 0 radical (unpaired) electrons. The normalized spacial score (nSPS) is 10.8. The van der Waals surface area contributed by atoms with Crippen molar-refractivity contribution in [2.45, 2.75) is 19.3 Å². The Morgan fingerprint density at radius 2 is 1.96 bits per heavy atom. The average molecular weight is 415 g/mol. The highest BCUT2D eigenvalue weighted by atomic mass is 127. The van der Waals surface area contributed by atoms with Crippen molar-refractivity contribution in [2.24, 2.45) is 5.73 Å². The van der Waals surface area contributed by atoms with E-state index in [1.165, 1.54) is 14.7 Å². The summed E-state index contributed by atoms with van der Waals surface area (Å²) in [6, 6.07) is 16.5. The Balaban J connectivity index is 2.18. The quantitative estimate of drug-likeness (QED) is 0.473. The van der Waals surface area contributed by atoms with E-state index < -0.39 is 0 Å². The zero-order valence-corrected chi connectivity index (χ0v) is 14.9. The molecule has 116 valence electrons. The number of nitriles is 1. The van der Waals surface area contributed by atoms with Gasteiger partial charge in [0.2, 0.25) is 0 Å². The second-order valence-electron chi connectivity index (χ2n) is 5.58. The van der Waals surface area contributed by atoms with E-state index in [9.17, 15) is 5.26 Å². The van der Waals surface area contributed by atoms with Gasteiger partial charge in [0.25, 0.3) is 0 Å². The third-order valence-electron chi connectivity index (χ3n) is 4.06. The standard InChI is InChI=1S/C19H18IN3/c20-17-7-2-1-6-15(17)19-14(5-3-4-10-21)16-11-13(12-22)8-9-18(16)23-19/h1-2,6-9,11,23H,3-5,10,21H2. The number of aryl methyl sites for hydroxylation is 1. The molecule has 3 rings (SSSR count). The molecule has 0 spiro atoms. The van der Waals surface area contributed by atoms with Crippen LogP contribution in [0.3, 0.4) is 0 Å². The maximum Gasteiger partial charge on any atom is 0.0991 e. The van der Waals surface area contributed by atoms with Crippen LogP contribution in [0.2, 0.25) is 0 Å². The van der Waals surface area contributed by atoms with Gasteiger partial charge in [0.05, 0.1) is 17.3 Å². The molecular formula is C19H18IN3. The van der Waals surface area contributed by atoms with Crippen LogP contribution in [0.25, 0.3) is 22.2 Å². The Bertz CT molecular complexity index is 874. The van der Waals surface area contributed by atoms with Gasteiger partial charge in [-0.2, -0.15) is 5.26 Å². The Morgan fingerprint density at radius 3 is 2.70 bits per heavy atom. The highest BCUT2D eigenvalue weighted by Gasteiger charge is 2.15. The first-order valence-corrected chi connectivity index (χ1v) is 8.82. The Labute approximate surface area is 149 Å². The number of nitrogens with one attached hydrogen (secondary N) is 1. The van der Waals surface area contributed by atoms with E-state index in [1.807, 2.05) is 18.2 Å². The number of hydrogen-bond donors (Lipinski definition) is 2. The molecule has 0 saturated carbocycles. The second kappa shape index (κ2) is 7.16. The van der Waals surface area contributed by atoms with Gasteiger partial charge in [0.15, 0.2) is 0 Å². The largest absolute Gasteiger partial charge is 0.354 e. The molecule has 0 amide bonds. The molecule has 1 aromatic heterocycles. The summed E-state index contributed by atoms with van der Waals surface area (Å²) in [5, 5.41) is 10.3. The molecule has 3 aromatic rings. The van der Waals surface area contributed by atoms with Crippen LogP contribution in [0, 0.1) is 14.9 Å². The summed E-state index contributed by atoms with van der Waals surface area (Å²) in [5.41, 5.74) is 11.1. The smallest absolute Gasteiger partial charge is 0.0991 e. The van der Waals surface area contributed by atoms with E-state index in [1.54, 1.807) is 0 Å². The summed E-state index contributed by atoms with van der Waals surface area (Å²) < 4.78 is 1.22. The van der Waals surface area contributed by atoms with Crippen molar-refractivity contribution in [2.75, 3.05) is 6.54 Å². The maximum absolute atomic E-state index is 9.19. The molecule has 0 aliphatic rings. The average Bonchev–Trinajstić information content (AvgIpc) is 2.93. The van der Waals surface area contributed by atoms with E-state index in [2.05, 4.69) is 57.9 Å². The molecule has 0 fully saturated rings. The van der Waals surface area contributed by atoms with Gasteiger partial charge in [-0.1, -0.05) is 18.2 Å². The monoisotopic (exact) mass is 415 g/mol. The fourth-order valence-electron chi connectivity index (χ4n) is 2.92. The number of H-pyrrole nitrogens is 1. The number of benzene rings is 2. The number of hydrogen-bond acceptors (Lipinski definition) is 2. The molecule has 2 aromatic carbocycles. The van der Waals surface area contributed by atoms with Crippen molar-refractivity contribution in [3.8, 4) is 17.3 Å². The molecule has 0 bridgehead atoms. The van der Waals surface area contributed by atoms with Gasteiger partial charge >= 0.3 is 0 Å². The predicted molar refractivity (Wildman–Crippen MR) is 103 cm³/mol. The molecule has 1 heterocycles. The molecule has 0 aliphatic heterocycles. The summed E-state index contributed by atoms with van der Waals surface area (Å²) >= 11 is 2.37. The molecule has 3 nitrogen and oxygen atoms in total. The van der Waals surface area contributed by atoms with Crippen molar-refractivity contribution >= 4 is 33.5 Å². The fraction of sp³-hybridized carbons (Fsp3) is 0.211. The molecular weight excluding hydrogens is 397 g/mol. The highest BCUT2D eigenvalue weighted by Crippen LogP contribution is 2.34. The van der Waals surface area contributed by atoms with E-state index in [4.69, 9.17) is 5.73 Å². The lowest BCUT2D eigenvalue weighted by atomic mass is 9.99. The first-order chi connectivity index (χ1) is 11.2. The summed E-state index contributed by atoms with van der Waals surface area (Å²) in [6.45, 7) is 0.712. The number of nitrogens with zero attached hydrogens (tertiary/aromatic N) is 1. The highest BCUT2D eigenvalue weighted by molar-refractivity contribution is 14.1. The van der Waals surface area contributed by atoms with Crippen LogP contribution in [-0.2, 0) is 6.42 Å². The zero-order chi connectivity index (χ0) is 16.2. The summed E-state index contributed by atoms with van der Waals surface area (Å²) in [4.78, 5) is 3.55. The number of aromatic amines is 1. The van der Waals surface area contributed by atoms with Gasteiger partial charge in [-0.25, -0.2) is 0 Å². The number of aromatic nitrogens is 1. The van der Waals surface area contributed by atoms with Gasteiger partial charge < -0.3 is 10.7 Å². The van der Waals surface area contributed by atoms with Gasteiger partial charge in [-0.05, 0) is 78.2 Å². The Kier molecular flexibility index (Phi) is 4.99. The van der Waals surface area contributed by atoms with E-state index in [0.717, 1.165) is 35.9 Å². The van der Waals surface area contributed by atoms with Crippen LogP contribution in [0.1, 0.15) is 24.0 Å². The minimum Gasteiger partial charge on any atom is -0.354 e. The second-order valence-corrected chi connectivity index (χ2v) is 6.74. The van der Waals surface area contributed by atoms with Crippen LogP contribution in [0.4, 0.5) is 0 Å². The summed E-state index contributed by atoms with van der Waals surface area (Å²) in [5.74, 6) is 0. The van der Waals surface area contributed by atoms with Crippen LogP contribution in [-0.4, -0.2) is 11.5 Å². The van der Waals surface area contributed by atoms with E-state index >= 15 is 0 Å². The van der Waals surface area contributed by atoms with Crippen molar-refractivity contribution in [3.05, 3.63) is 57.2 Å². The maximum atomic E-state index is 9.19. The van der Waals surface area contributed by atoms with Crippen molar-refractivity contribution in [3.63, 3.8) is 0 Å². The number of rotatable bonds is 5. The minimum absolute atomic E-state index is 0.700. The van der Waals surface area contributed by atoms with Gasteiger partial charge in [0, 0.05) is 20.0 Å². The molecule has 3 N–H and O–H groups in total. The topological polar surface area (TPSA) is 65.6 Å². The van der Waals surface area contributed by atoms with Crippen LogP contribution in [0.15, 0.2) is 42.5 Å². The van der Waals surface area contributed by atoms with Crippen LogP contribution >= 0.6 is 22.6 Å². The zero-order valence-electron chi connectivity index (χ0n) is 12.8. The first kappa shape index (κ1) is 16.0. The number of halogens is 1. The number of fused-ring (bicyclic) bond motifs is 1. The SMILES string of the molecule is N#Cc1ccc2[nH]c(-c3ccccc3I)c(CCCCN)c2c1. The third-order valence-corrected chi connectivity index (χ3v) is 5.00. The van der Waals surface area contributed by atoms with Crippen LogP contribution in [0.5, 0.6) is 0 Å². The van der Waals surface area contributed by atoms with Crippen LogP contribution < -0.4 is 5.73 Å². The lowest BCUT2D eigenvalue weighted by Gasteiger charge is -2.07. The van der Waals surface area contributed by atoms with Gasteiger partial charge in [0.1, 0.15) is 0 Å². The Morgan fingerprint density at radius 1 is 1.13 bits per heavy atom. The molecule has 0 unspecified atom stereocenters.